The van der Waals surface area contributed by atoms with Crippen LogP contribution in [-0.2, 0) is 9.59 Å². The van der Waals surface area contributed by atoms with Gasteiger partial charge >= 0.3 is 0 Å². The van der Waals surface area contributed by atoms with Gasteiger partial charge in [-0.3, -0.25) is 9.59 Å². The quantitative estimate of drug-likeness (QED) is 0.777. The van der Waals surface area contributed by atoms with Gasteiger partial charge in [-0.1, -0.05) is 12.1 Å². The molecule has 1 unspecified atom stereocenters. The second-order valence-electron chi connectivity index (χ2n) is 6.78. The lowest BCUT2D eigenvalue weighted by Gasteiger charge is -2.41. The van der Waals surface area contributed by atoms with E-state index in [-0.39, 0.29) is 23.6 Å². The van der Waals surface area contributed by atoms with Gasteiger partial charge in [0.2, 0.25) is 11.8 Å². The predicted octanol–water partition coefficient (Wildman–Crippen LogP) is 1.41. The van der Waals surface area contributed by atoms with Crippen LogP contribution in [0.2, 0.25) is 0 Å². The number of amides is 2. The summed E-state index contributed by atoms with van der Waals surface area (Å²) in [5, 5.41) is 3.08. The Balaban J connectivity index is 1.42. The van der Waals surface area contributed by atoms with Gasteiger partial charge in [0, 0.05) is 38.6 Å². The van der Waals surface area contributed by atoms with Crippen molar-refractivity contribution in [1.82, 2.24) is 15.1 Å². The van der Waals surface area contributed by atoms with Crippen molar-refractivity contribution in [3.63, 3.8) is 0 Å². The molecule has 142 valence electrons. The average molecular weight is 363 g/mol. The zero-order valence-electron chi connectivity index (χ0n) is 15.0. The molecule has 0 aromatic heterocycles. The van der Waals surface area contributed by atoms with Crippen molar-refractivity contribution in [2.24, 2.45) is 0 Å². The van der Waals surface area contributed by atoms with Crippen LogP contribution in [0.25, 0.3) is 0 Å². The number of carbonyl (C=O) groups is 2. The number of nitrogens with zero attached hydrogens (tertiary/aromatic N) is 2. The van der Waals surface area contributed by atoms with E-state index in [0.29, 0.717) is 39.1 Å². The molecule has 2 heterocycles. The Labute approximate surface area is 153 Å². The minimum absolute atomic E-state index is 0.0782. The Bertz CT molecular complexity index is 640. The van der Waals surface area contributed by atoms with Gasteiger partial charge in [0.05, 0.1) is 13.2 Å². The summed E-state index contributed by atoms with van der Waals surface area (Å²) in [5.74, 6) is 0.0249. The molecular formula is C19H26FN3O3. The molecule has 2 fully saturated rings. The van der Waals surface area contributed by atoms with Crippen molar-refractivity contribution < 1.29 is 18.7 Å². The van der Waals surface area contributed by atoms with E-state index in [0.717, 1.165) is 25.9 Å². The number of nitrogens with one attached hydrogen (secondary N) is 1. The molecule has 26 heavy (non-hydrogen) atoms. The zero-order chi connectivity index (χ0) is 18.4. The van der Waals surface area contributed by atoms with Crippen LogP contribution < -0.4 is 10.1 Å². The molecule has 2 saturated heterocycles. The van der Waals surface area contributed by atoms with Crippen molar-refractivity contribution >= 4 is 11.8 Å². The lowest BCUT2D eigenvalue weighted by molar-refractivity contribution is -0.140. The highest BCUT2D eigenvalue weighted by Crippen LogP contribution is 2.19. The number of benzene rings is 1. The highest BCUT2D eigenvalue weighted by atomic mass is 19.1. The van der Waals surface area contributed by atoms with E-state index in [2.05, 4.69) is 5.32 Å². The van der Waals surface area contributed by atoms with Gasteiger partial charge < -0.3 is 19.9 Å². The smallest absolute Gasteiger partial charge is 0.236 e. The highest BCUT2D eigenvalue weighted by molar-refractivity contribution is 5.80. The summed E-state index contributed by atoms with van der Waals surface area (Å²) in [6.07, 6.45) is 2.78. The first-order valence-electron chi connectivity index (χ1n) is 9.30. The third-order valence-electron chi connectivity index (χ3n) is 4.95. The highest BCUT2D eigenvalue weighted by Gasteiger charge is 2.31. The monoisotopic (exact) mass is 363 g/mol. The number of likely N-dealkylation sites (tertiary alicyclic amines) is 1. The Morgan fingerprint density at radius 3 is 2.96 bits per heavy atom. The van der Waals surface area contributed by atoms with Gasteiger partial charge in [-0.25, -0.2) is 4.39 Å². The summed E-state index contributed by atoms with van der Waals surface area (Å²) in [7, 11) is 0. The van der Waals surface area contributed by atoms with Crippen molar-refractivity contribution in [2.45, 2.75) is 31.7 Å². The van der Waals surface area contributed by atoms with E-state index < -0.39 is 5.82 Å². The standard InChI is InChI=1S/C19H26FN3O3/c20-16-6-1-2-7-17(16)26-12-4-8-18(24)22-10-3-5-15(14-22)23-11-9-21-13-19(23)25/h1-2,6-7,15,21H,3-5,8-14H2. The average Bonchev–Trinajstić information content (AvgIpc) is 2.67. The second-order valence-corrected chi connectivity index (χ2v) is 6.78. The minimum Gasteiger partial charge on any atom is -0.491 e. The number of piperazine rings is 1. The van der Waals surface area contributed by atoms with E-state index >= 15 is 0 Å². The Kier molecular flexibility index (Phi) is 6.44. The lowest BCUT2D eigenvalue weighted by Crippen LogP contribution is -2.57. The SMILES string of the molecule is O=C(CCCOc1ccccc1F)N1CCCC(N2CCNCC2=O)C1. The molecule has 0 radical (unpaired) electrons. The molecular weight excluding hydrogens is 337 g/mol. The van der Waals surface area contributed by atoms with Crippen LogP contribution >= 0.6 is 0 Å². The molecule has 1 aromatic carbocycles. The maximum atomic E-state index is 13.5. The van der Waals surface area contributed by atoms with Crippen LogP contribution in [-0.4, -0.2) is 67.0 Å². The molecule has 1 aromatic rings. The first-order chi connectivity index (χ1) is 12.6. The molecule has 0 spiro atoms. The fraction of sp³-hybridized carbons (Fsp3) is 0.579. The first kappa shape index (κ1) is 18.6. The summed E-state index contributed by atoms with van der Waals surface area (Å²) in [6.45, 7) is 3.56. The summed E-state index contributed by atoms with van der Waals surface area (Å²) in [5.41, 5.74) is 0. The zero-order valence-corrected chi connectivity index (χ0v) is 15.0. The minimum atomic E-state index is -0.390. The molecule has 0 saturated carbocycles. The van der Waals surface area contributed by atoms with Crippen LogP contribution in [0.3, 0.4) is 0 Å². The van der Waals surface area contributed by atoms with E-state index in [1.807, 2.05) is 9.80 Å². The fourth-order valence-corrected chi connectivity index (χ4v) is 3.57. The third kappa shape index (κ3) is 4.72. The van der Waals surface area contributed by atoms with Crippen molar-refractivity contribution in [3.8, 4) is 5.75 Å². The second kappa shape index (κ2) is 8.98. The summed E-state index contributed by atoms with van der Waals surface area (Å²) in [6, 6.07) is 6.39. The maximum absolute atomic E-state index is 13.5. The number of para-hydroxylation sites is 1. The van der Waals surface area contributed by atoms with Gasteiger partial charge in [0.25, 0.3) is 0 Å². The largest absolute Gasteiger partial charge is 0.491 e. The molecule has 0 aliphatic carbocycles. The van der Waals surface area contributed by atoms with E-state index in [1.54, 1.807) is 18.2 Å². The third-order valence-corrected chi connectivity index (χ3v) is 4.95. The molecule has 7 heteroatoms. The first-order valence-corrected chi connectivity index (χ1v) is 9.30. The fourth-order valence-electron chi connectivity index (χ4n) is 3.57. The topological polar surface area (TPSA) is 61.9 Å². The van der Waals surface area contributed by atoms with Crippen LogP contribution in [0.4, 0.5) is 4.39 Å². The molecule has 2 aliphatic heterocycles. The van der Waals surface area contributed by atoms with E-state index in [9.17, 15) is 14.0 Å². The van der Waals surface area contributed by atoms with Gasteiger partial charge in [-0.15, -0.1) is 0 Å². The molecule has 2 amide bonds. The van der Waals surface area contributed by atoms with E-state index in [4.69, 9.17) is 4.74 Å². The van der Waals surface area contributed by atoms with Crippen LogP contribution in [0.5, 0.6) is 5.75 Å². The molecule has 2 aliphatic rings. The van der Waals surface area contributed by atoms with Crippen LogP contribution in [0, 0.1) is 5.82 Å². The van der Waals surface area contributed by atoms with Crippen LogP contribution in [0.15, 0.2) is 24.3 Å². The normalized spacial score (nSPS) is 21.0. The number of halogens is 1. The Morgan fingerprint density at radius 2 is 2.15 bits per heavy atom. The maximum Gasteiger partial charge on any atom is 0.236 e. The van der Waals surface area contributed by atoms with Gasteiger partial charge in [0.15, 0.2) is 11.6 Å². The van der Waals surface area contributed by atoms with Crippen molar-refractivity contribution in [2.75, 3.05) is 39.3 Å². The molecule has 1 N–H and O–H groups in total. The van der Waals surface area contributed by atoms with Gasteiger partial charge in [-0.05, 0) is 31.4 Å². The Hall–Kier alpha value is -2.15. The van der Waals surface area contributed by atoms with Crippen molar-refractivity contribution in [3.05, 3.63) is 30.1 Å². The number of ether oxygens (including phenoxy) is 1. The summed E-state index contributed by atoms with van der Waals surface area (Å²) < 4.78 is 18.9. The molecule has 6 nitrogen and oxygen atoms in total. The number of piperidine rings is 1. The summed E-state index contributed by atoms with van der Waals surface area (Å²) >= 11 is 0. The number of carbonyl (C=O) groups excluding carboxylic acids is 2. The molecule has 3 rings (SSSR count). The molecule has 0 bridgehead atoms. The summed E-state index contributed by atoms with van der Waals surface area (Å²) in [4.78, 5) is 28.3. The number of hydrogen-bond donors (Lipinski definition) is 1. The Morgan fingerprint density at radius 1 is 1.31 bits per heavy atom. The molecule has 1 atom stereocenters. The number of rotatable bonds is 6. The predicted molar refractivity (Wildman–Crippen MR) is 95.3 cm³/mol. The van der Waals surface area contributed by atoms with Crippen molar-refractivity contribution in [1.29, 1.82) is 0 Å². The van der Waals surface area contributed by atoms with Crippen LogP contribution in [0.1, 0.15) is 25.7 Å². The van der Waals surface area contributed by atoms with E-state index in [1.165, 1.54) is 6.07 Å². The number of hydrogen-bond acceptors (Lipinski definition) is 4. The van der Waals surface area contributed by atoms with Gasteiger partial charge in [0.1, 0.15) is 0 Å². The van der Waals surface area contributed by atoms with Gasteiger partial charge in [-0.2, -0.15) is 0 Å². The lowest BCUT2D eigenvalue weighted by atomic mass is 10.0.